The van der Waals surface area contributed by atoms with E-state index in [0.717, 1.165) is 11.8 Å². The Morgan fingerprint density at radius 1 is 1.30 bits per heavy atom. The molecule has 0 N–H and O–H groups in total. The third-order valence-corrected chi connectivity index (χ3v) is 3.32. The van der Waals surface area contributed by atoms with Gasteiger partial charge in [0, 0.05) is 5.41 Å². The van der Waals surface area contributed by atoms with Gasteiger partial charge in [-0.1, -0.05) is 6.92 Å². The summed E-state index contributed by atoms with van der Waals surface area (Å²) in [7, 11) is 0. The van der Waals surface area contributed by atoms with E-state index in [1.165, 1.54) is 32.0 Å². The minimum absolute atomic E-state index is 0.0613. The van der Waals surface area contributed by atoms with Gasteiger partial charge in [-0.2, -0.15) is 0 Å². The van der Waals surface area contributed by atoms with Crippen LogP contribution >= 0.6 is 0 Å². The van der Waals surface area contributed by atoms with E-state index in [9.17, 15) is 4.79 Å². The lowest BCUT2D eigenvalue weighted by Gasteiger charge is -2.29. The van der Waals surface area contributed by atoms with Crippen LogP contribution in [0.5, 0.6) is 0 Å². The van der Waals surface area contributed by atoms with Crippen LogP contribution in [0.1, 0.15) is 32.6 Å². The largest absolute Gasteiger partial charge is 0.303 e. The summed E-state index contributed by atoms with van der Waals surface area (Å²) in [6.07, 6.45) is 6.27. The highest BCUT2D eigenvalue weighted by atomic mass is 16.1. The lowest BCUT2D eigenvalue weighted by molar-refractivity contribution is -0.115. The Morgan fingerprint density at radius 3 is 2.10 bits per heavy atom. The third kappa shape index (κ3) is 0.727. The molecule has 0 aromatic rings. The summed E-state index contributed by atoms with van der Waals surface area (Å²) in [4.78, 5) is 10.6. The molecule has 0 radical (unpaired) electrons. The standard InChI is InChI=1S/C9H14O/c1-9(6-10)4-7-2-3-8(7)5-9/h6-8H,2-5H2,1H3/t7-,8+,9-. The molecule has 2 saturated carbocycles. The zero-order valence-electron chi connectivity index (χ0n) is 6.47. The van der Waals surface area contributed by atoms with Crippen LogP contribution in [0.3, 0.4) is 0 Å². The first-order valence-corrected chi connectivity index (χ1v) is 4.20. The van der Waals surface area contributed by atoms with Gasteiger partial charge in [0.1, 0.15) is 6.29 Å². The molecular formula is C9H14O. The second-order valence-corrected chi connectivity index (χ2v) is 4.28. The number of carbonyl (C=O) groups is 1. The minimum Gasteiger partial charge on any atom is -0.303 e. The van der Waals surface area contributed by atoms with Crippen molar-refractivity contribution < 1.29 is 4.79 Å². The van der Waals surface area contributed by atoms with Crippen molar-refractivity contribution in [1.29, 1.82) is 0 Å². The third-order valence-electron chi connectivity index (χ3n) is 3.32. The summed E-state index contributed by atoms with van der Waals surface area (Å²) in [5.41, 5.74) is 0.0613. The number of hydrogen-bond donors (Lipinski definition) is 0. The predicted molar refractivity (Wildman–Crippen MR) is 39.6 cm³/mol. The summed E-state index contributed by atoms with van der Waals surface area (Å²) in [6.45, 7) is 2.11. The fourth-order valence-electron chi connectivity index (χ4n) is 2.55. The molecule has 2 aliphatic carbocycles. The predicted octanol–water partition coefficient (Wildman–Crippen LogP) is 2.01. The lowest BCUT2D eigenvalue weighted by atomic mass is 9.77. The Labute approximate surface area is 61.8 Å². The molecule has 0 bridgehead atoms. The summed E-state index contributed by atoms with van der Waals surface area (Å²) >= 11 is 0. The molecule has 56 valence electrons. The van der Waals surface area contributed by atoms with E-state index in [1.54, 1.807) is 0 Å². The first-order valence-electron chi connectivity index (χ1n) is 4.20. The second-order valence-electron chi connectivity index (χ2n) is 4.28. The molecule has 2 aliphatic rings. The summed E-state index contributed by atoms with van der Waals surface area (Å²) in [5.74, 6) is 1.82. The van der Waals surface area contributed by atoms with E-state index in [4.69, 9.17) is 0 Å². The molecule has 0 saturated heterocycles. The van der Waals surface area contributed by atoms with Gasteiger partial charge in [0.25, 0.3) is 0 Å². The Hall–Kier alpha value is -0.330. The number of aldehydes is 1. The van der Waals surface area contributed by atoms with E-state index in [0.29, 0.717) is 0 Å². The fraction of sp³-hybridized carbons (Fsp3) is 0.889. The molecule has 0 unspecified atom stereocenters. The van der Waals surface area contributed by atoms with Crippen LogP contribution in [0.4, 0.5) is 0 Å². The van der Waals surface area contributed by atoms with Crippen LogP contribution in [0.2, 0.25) is 0 Å². The molecule has 0 aromatic heterocycles. The number of hydrogen-bond acceptors (Lipinski definition) is 1. The van der Waals surface area contributed by atoms with Gasteiger partial charge < -0.3 is 4.79 Å². The van der Waals surface area contributed by atoms with Gasteiger partial charge in [-0.25, -0.2) is 0 Å². The van der Waals surface area contributed by atoms with Gasteiger partial charge in [0.15, 0.2) is 0 Å². The monoisotopic (exact) mass is 138 g/mol. The summed E-state index contributed by atoms with van der Waals surface area (Å²) in [5, 5.41) is 0. The average Bonchev–Trinajstić information content (AvgIpc) is 2.13. The van der Waals surface area contributed by atoms with Crippen molar-refractivity contribution in [3.8, 4) is 0 Å². The average molecular weight is 138 g/mol. The molecule has 10 heavy (non-hydrogen) atoms. The molecule has 1 nitrogen and oxygen atoms in total. The first kappa shape index (κ1) is 6.38. The molecule has 0 heterocycles. The maximum absolute atomic E-state index is 10.6. The van der Waals surface area contributed by atoms with E-state index >= 15 is 0 Å². The maximum atomic E-state index is 10.6. The zero-order valence-corrected chi connectivity index (χ0v) is 6.47. The Morgan fingerprint density at radius 2 is 1.80 bits per heavy atom. The molecule has 3 atom stereocenters. The SMILES string of the molecule is C[C@@]1(C=O)C[C@H]2CC[C@H]2C1. The zero-order chi connectivity index (χ0) is 7.19. The molecule has 2 rings (SSSR count). The van der Waals surface area contributed by atoms with Crippen molar-refractivity contribution in [2.24, 2.45) is 17.3 Å². The van der Waals surface area contributed by atoms with Crippen LogP contribution in [-0.4, -0.2) is 6.29 Å². The van der Waals surface area contributed by atoms with Gasteiger partial charge in [-0.3, -0.25) is 0 Å². The summed E-state index contributed by atoms with van der Waals surface area (Å²) < 4.78 is 0. The Balaban J connectivity index is 2.09. The molecule has 1 heteroatoms. The topological polar surface area (TPSA) is 17.1 Å². The number of fused-ring (bicyclic) bond motifs is 1. The first-order chi connectivity index (χ1) is 4.73. The van der Waals surface area contributed by atoms with Crippen LogP contribution in [0, 0.1) is 17.3 Å². The van der Waals surface area contributed by atoms with Crippen LogP contribution in [0.15, 0.2) is 0 Å². The Kier molecular flexibility index (Phi) is 1.17. The van der Waals surface area contributed by atoms with Crippen molar-refractivity contribution >= 4 is 6.29 Å². The lowest BCUT2D eigenvalue weighted by Crippen LogP contribution is -2.18. The molecular weight excluding hydrogens is 124 g/mol. The van der Waals surface area contributed by atoms with Gasteiger partial charge in [-0.05, 0) is 37.5 Å². The molecule has 0 amide bonds. The van der Waals surface area contributed by atoms with E-state index in [1.807, 2.05) is 0 Å². The van der Waals surface area contributed by atoms with Crippen molar-refractivity contribution in [3.05, 3.63) is 0 Å². The highest BCUT2D eigenvalue weighted by Crippen LogP contribution is 2.54. The maximum Gasteiger partial charge on any atom is 0.125 e. The van der Waals surface area contributed by atoms with Crippen molar-refractivity contribution in [2.75, 3.05) is 0 Å². The second kappa shape index (κ2) is 1.84. The van der Waals surface area contributed by atoms with E-state index < -0.39 is 0 Å². The van der Waals surface area contributed by atoms with Crippen molar-refractivity contribution in [2.45, 2.75) is 32.6 Å². The minimum atomic E-state index is 0.0613. The number of rotatable bonds is 1. The molecule has 0 aliphatic heterocycles. The fourth-order valence-corrected chi connectivity index (χ4v) is 2.55. The molecule has 0 aromatic carbocycles. The van der Waals surface area contributed by atoms with Gasteiger partial charge in [0.2, 0.25) is 0 Å². The Bertz CT molecular complexity index is 150. The molecule has 2 fully saturated rings. The number of carbonyl (C=O) groups excluding carboxylic acids is 1. The van der Waals surface area contributed by atoms with Gasteiger partial charge in [0.05, 0.1) is 0 Å². The molecule has 0 spiro atoms. The van der Waals surface area contributed by atoms with Crippen LogP contribution in [0.25, 0.3) is 0 Å². The van der Waals surface area contributed by atoms with E-state index in [2.05, 4.69) is 6.92 Å². The van der Waals surface area contributed by atoms with Crippen molar-refractivity contribution in [1.82, 2.24) is 0 Å². The quantitative estimate of drug-likeness (QED) is 0.506. The van der Waals surface area contributed by atoms with Crippen LogP contribution < -0.4 is 0 Å². The van der Waals surface area contributed by atoms with E-state index in [-0.39, 0.29) is 5.41 Å². The highest BCUT2D eigenvalue weighted by Gasteiger charge is 2.46. The van der Waals surface area contributed by atoms with Crippen molar-refractivity contribution in [3.63, 3.8) is 0 Å². The van der Waals surface area contributed by atoms with Gasteiger partial charge >= 0.3 is 0 Å². The normalized spacial score (nSPS) is 51.7. The highest BCUT2D eigenvalue weighted by molar-refractivity contribution is 5.59. The summed E-state index contributed by atoms with van der Waals surface area (Å²) in [6, 6.07) is 0. The van der Waals surface area contributed by atoms with Crippen LogP contribution in [-0.2, 0) is 4.79 Å². The smallest absolute Gasteiger partial charge is 0.125 e. The van der Waals surface area contributed by atoms with Gasteiger partial charge in [-0.15, -0.1) is 0 Å².